The SMILES string of the molecule is Cc1cccc(-c2[nH]c(C34CCC(C(=O)Nc5nc6ccccc6s5)(CC3)CC4)nc2-c2ccc3c(c2)OCO3)n1. The molecule has 2 N–H and O–H groups in total. The van der Waals surface area contributed by atoms with E-state index < -0.39 is 0 Å². The Bertz CT molecular complexity index is 1770. The molecule has 4 heterocycles. The molecule has 9 rings (SSSR count). The van der Waals surface area contributed by atoms with E-state index in [0.717, 1.165) is 94.4 Å². The Morgan fingerprint density at radius 3 is 2.51 bits per heavy atom. The van der Waals surface area contributed by atoms with Crippen molar-refractivity contribution in [2.24, 2.45) is 5.41 Å². The summed E-state index contributed by atoms with van der Waals surface area (Å²) >= 11 is 1.54. The summed E-state index contributed by atoms with van der Waals surface area (Å²) in [5.41, 5.74) is 5.03. The van der Waals surface area contributed by atoms with Crippen LogP contribution < -0.4 is 14.8 Å². The summed E-state index contributed by atoms with van der Waals surface area (Å²) < 4.78 is 12.3. The van der Waals surface area contributed by atoms with Gasteiger partial charge in [-0.3, -0.25) is 9.78 Å². The summed E-state index contributed by atoms with van der Waals surface area (Å²) in [6, 6.07) is 20.0. The molecule has 3 aliphatic carbocycles. The van der Waals surface area contributed by atoms with Gasteiger partial charge in [0.15, 0.2) is 16.6 Å². The summed E-state index contributed by atoms with van der Waals surface area (Å²) in [7, 11) is 0. The molecule has 8 nitrogen and oxygen atoms in total. The number of ether oxygens (including phenoxy) is 2. The van der Waals surface area contributed by atoms with Gasteiger partial charge in [-0.15, -0.1) is 0 Å². The first-order valence-corrected chi connectivity index (χ1v) is 14.9. The zero-order chi connectivity index (χ0) is 27.6. The van der Waals surface area contributed by atoms with Crippen molar-refractivity contribution in [2.45, 2.75) is 50.9 Å². The Morgan fingerprint density at radius 1 is 0.902 bits per heavy atom. The van der Waals surface area contributed by atoms with Crippen molar-refractivity contribution in [1.29, 1.82) is 0 Å². The molecular formula is C32H29N5O3S. The van der Waals surface area contributed by atoms with Gasteiger partial charge in [-0.1, -0.05) is 29.5 Å². The number of hydrogen-bond acceptors (Lipinski definition) is 7. The fourth-order valence-corrected chi connectivity index (χ4v) is 7.64. The van der Waals surface area contributed by atoms with Crippen molar-refractivity contribution in [3.05, 3.63) is 72.2 Å². The summed E-state index contributed by atoms with van der Waals surface area (Å²) in [6.07, 6.45) is 5.24. The molecule has 3 saturated carbocycles. The smallest absolute Gasteiger partial charge is 0.232 e. The minimum atomic E-state index is -0.354. The summed E-state index contributed by atoms with van der Waals surface area (Å²) in [5, 5.41) is 3.85. The zero-order valence-corrected chi connectivity index (χ0v) is 23.5. The third-order valence-electron chi connectivity index (χ3n) is 9.24. The van der Waals surface area contributed by atoms with Gasteiger partial charge in [-0.2, -0.15) is 0 Å². The van der Waals surface area contributed by atoms with Crippen LogP contribution in [0.2, 0.25) is 0 Å². The van der Waals surface area contributed by atoms with Crippen molar-refractivity contribution in [2.75, 3.05) is 12.1 Å². The minimum absolute atomic E-state index is 0.0922. The summed E-state index contributed by atoms with van der Waals surface area (Å²) in [6.45, 7) is 2.23. The fraction of sp³-hybridized carbons (Fsp3) is 0.312. The molecule has 2 bridgehead atoms. The normalized spacial score (nSPS) is 22.8. The fourth-order valence-electron chi connectivity index (χ4n) is 6.78. The van der Waals surface area contributed by atoms with Gasteiger partial charge < -0.3 is 19.8 Å². The highest BCUT2D eigenvalue weighted by Crippen LogP contribution is 2.58. The van der Waals surface area contributed by atoms with Crippen LogP contribution in [-0.4, -0.2) is 32.6 Å². The van der Waals surface area contributed by atoms with E-state index in [1.165, 1.54) is 11.3 Å². The van der Waals surface area contributed by atoms with Crippen LogP contribution in [0.3, 0.4) is 0 Å². The number of nitrogens with zero attached hydrogens (tertiary/aromatic N) is 3. The molecular weight excluding hydrogens is 534 g/mol. The highest BCUT2D eigenvalue weighted by Gasteiger charge is 2.54. The standard InChI is InChI=1S/C32H29N5O3S/c1-19-5-4-7-22(33-19)27-26(20-9-10-23-24(17-20)40-18-39-23)35-28(36-27)31-11-14-32(15-12-31,16-13-31)29(38)37-30-34-21-6-2-3-8-25(21)41-30/h2-10,17H,11-16,18H2,1H3,(H,35,36)(H,34,37,38). The van der Waals surface area contributed by atoms with Crippen molar-refractivity contribution >= 4 is 32.6 Å². The molecule has 1 amide bonds. The van der Waals surface area contributed by atoms with Gasteiger partial charge in [0.05, 0.1) is 27.3 Å². The first-order chi connectivity index (χ1) is 20.0. The maximum atomic E-state index is 13.6. The number of fused-ring (bicyclic) bond motifs is 5. The number of aryl methyl sites for hydroxylation is 1. The minimum Gasteiger partial charge on any atom is -0.454 e. The lowest BCUT2D eigenvalue weighted by atomic mass is 9.53. The highest BCUT2D eigenvalue weighted by molar-refractivity contribution is 7.22. The van der Waals surface area contributed by atoms with Gasteiger partial charge >= 0.3 is 0 Å². The van der Waals surface area contributed by atoms with Crippen LogP contribution in [0.4, 0.5) is 5.13 Å². The van der Waals surface area contributed by atoms with E-state index in [9.17, 15) is 4.79 Å². The lowest BCUT2D eigenvalue weighted by molar-refractivity contribution is -0.132. The first-order valence-electron chi connectivity index (χ1n) is 14.1. The number of anilines is 1. The number of pyridine rings is 1. The Kier molecular flexibility index (Phi) is 5.47. The van der Waals surface area contributed by atoms with Crippen LogP contribution in [0.5, 0.6) is 11.5 Å². The lowest BCUT2D eigenvalue weighted by Crippen LogP contribution is -2.50. The molecule has 1 aliphatic heterocycles. The second-order valence-electron chi connectivity index (χ2n) is 11.5. The van der Waals surface area contributed by atoms with Gasteiger partial charge in [-0.25, -0.2) is 9.97 Å². The highest BCUT2D eigenvalue weighted by atomic mass is 32.1. The molecule has 3 fully saturated rings. The molecule has 0 radical (unpaired) electrons. The van der Waals surface area contributed by atoms with Gasteiger partial charge in [0.25, 0.3) is 0 Å². The first kappa shape index (κ1) is 24.5. The van der Waals surface area contributed by atoms with E-state index in [-0.39, 0.29) is 23.5 Å². The molecule has 0 spiro atoms. The molecule has 206 valence electrons. The number of para-hydroxylation sites is 1. The van der Waals surface area contributed by atoms with Crippen LogP contribution in [0, 0.1) is 12.3 Å². The number of rotatable bonds is 5. The van der Waals surface area contributed by atoms with Crippen LogP contribution in [0.25, 0.3) is 32.9 Å². The lowest BCUT2D eigenvalue weighted by Gasteiger charge is -2.51. The van der Waals surface area contributed by atoms with E-state index in [1.807, 2.05) is 67.6 Å². The van der Waals surface area contributed by atoms with E-state index in [0.29, 0.717) is 5.13 Å². The molecule has 5 aromatic rings. The molecule has 4 aliphatic rings. The average Bonchev–Trinajstić information content (AvgIpc) is 3.76. The maximum Gasteiger partial charge on any atom is 0.232 e. The number of imidazole rings is 1. The quantitative estimate of drug-likeness (QED) is 0.238. The number of H-pyrrole nitrogens is 1. The topological polar surface area (TPSA) is 102 Å². The number of aromatic amines is 1. The number of carbonyl (C=O) groups is 1. The second-order valence-corrected chi connectivity index (χ2v) is 12.6. The third kappa shape index (κ3) is 4.01. The molecule has 0 saturated heterocycles. The van der Waals surface area contributed by atoms with Crippen molar-refractivity contribution in [3.63, 3.8) is 0 Å². The van der Waals surface area contributed by atoms with Gasteiger partial charge in [0.1, 0.15) is 5.82 Å². The largest absolute Gasteiger partial charge is 0.454 e. The number of aromatic nitrogens is 4. The van der Waals surface area contributed by atoms with E-state index in [4.69, 9.17) is 19.4 Å². The molecule has 2 aromatic carbocycles. The van der Waals surface area contributed by atoms with Crippen LogP contribution in [0.1, 0.15) is 50.0 Å². The van der Waals surface area contributed by atoms with Crippen LogP contribution in [-0.2, 0) is 10.2 Å². The average molecular weight is 564 g/mol. The van der Waals surface area contributed by atoms with Crippen LogP contribution in [0.15, 0.2) is 60.7 Å². The number of amides is 1. The molecule has 41 heavy (non-hydrogen) atoms. The van der Waals surface area contributed by atoms with Gasteiger partial charge in [0.2, 0.25) is 12.7 Å². The number of hydrogen-bond donors (Lipinski definition) is 2. The van der Waals surface area contributed by atoms with Crippen molar-refractivity contribution in [3.8, 4) is 34.1 Å². The predicted molar refractivity (Wildman–Crippen MR) is 158 cm³/mol. The molecule has 0 unspecified atom stereocenters. The number of nitrogens with one attached hydrogen (secondary N) is 2. The number of carbonyl (C=O) groups excluding carboxylic acids is 1. The molecule has 3 aromatic heterocycles. The van der Waals surface area contributed by atoms with Gasteiger partial charge in [0, 0.05) is 22.1 Å². The van der Waals surface area contributed by atoms with E-state index in [1.54, 1.807) is 0 Å². The monoisotopic (exact) mass is 563 g/mol. The molecule has 9 heteroatoms. The van der Waals surface area contributed by atoms with E-state index >= 15 is 0 Å². The Balaban J connectivity index is 1.10. The Morgan fingerprint density at radius 2 is 1.71 bits per heavy atom. The summed E-state index contributed by atoms with van der Waals surface area (Å²) in [4.78, 5) is 32.1. The Labute approximate surface area is 241 Å². The zero-order valence-electron chi connectivity index (χ0n) is 22.7. The number of thiazole rings is 1. The van der Waals surface area contributed by atoms with Crippen molar-refractivity contribution < 1.29 is 14.3 Å². The van der Waals surface area contributed by atoms with E-state index in [2.05, 4.69) is 15.3 Å². The summed E-state index contributed by atoms with van der Waals surface area (Å²) in [5.74, 6) is 2.57. The second kappa shape index (κ2) is 9.14. The number of benzene rings is 2. The predicted octanol–water partition coefficient (Wildman–Crippen LogP) is 7.02. The third-order valence-corrected chi connectivity index (χ3v) is 10.2. The van der Waals surface area contributed by atoms with Crippen LogP contribution >= 0.6 is 11.3 Å². The molecule has 0 atom stereocenters. The Hall–Kier alpha value is -4.24. The van der Waals surface area contributed by atoms with Gasteiger partial charge in [-0.05, 0) is 87.9 Å². The van der Waals surface area contributed by atoms with Crippen molar-refractivity contribution in [1.82, 2.24) is 19.9 Å². The maximum absolute atomic E-state index is 13.6.